The summed E-state index contributed by atoms with van der Waals surface area (Å²) in [5.41, 5.74) is 0. The maximum absolute atomic E-state index is 11.6. The summed E-state index contributed by atoms with van der Waals surface area (Å²) in [6.07, 6.45) is 6.53. The average Bonchev–Trinajstić information content (AvgIpc) is 2.25. The fourth-order valence-corrected chi connectivity index (χ4v) is 2.06. The van der Waals surface area contributed by atoms with Crippen LogP contribution in [0.2, 0.25) is 0 Å². The molecule has 0 saturated carbocycles. The van der Waals surface area contributed by atoms with Crippen molar-refractivity contribution in [3.63, 3.8) is 0 Å². The van der Waals surface area contributed by atoms with Crippen LogP contribution in [0.4, 0.5) is 0 Å². The van der Waals surface area contributed by atoms with E-state index < -0.39 is 0 Å². The van der Waals surface area contributed by atoms with E-state index in [1.54, 1.807) is 0 Å². The highest BCUT2D eigenvalue weighted by Gasteiger charge is 2.19. The molecular weight excluding hydrogens is 232 g/mol. The molecule has 0 radical (unpaired) electrons. The van der Waals surface area contributed by atoms with E-state index in [9.17, 15) is 4.79 Å². The normalized spacial score (nSPS) is 20.5. The van der Waals surface area contributed by atoms with Gasteiger partial charge < -0.3 is 10.6 Å². The fourth-order valence-electron chi connectivity index (χ4n) is 1.63. The minimum Gasteiger partial charge on any atom is -0.355 e. The number of nitrogens with one attached hydrogen (secondary N) is 2. The van der Waals surface area contributed by atoms with Crippen LogP contribution in [0.1, 0.15) is 25.7 Å². The van der Waals surface area contributed by atoms with Crippen LogP contribution in [0.15, 0.2) is 0 Å². The van der Waals surface area contributed by atoms with Gasteiger partial charge in [0.15, 0.2) is 0 Å². The van der Waals surface area contributed by atoms with Crippen molar-refractivity contribution in [1.82, 2.24) is 10.6 Å². The second-order valence-electron chi connectivity index (χ2n) is 3.64. The molecule has 1 rings (SSSR count). The maximum atomic E-state index is 11.6. The highest BCUT2D eigenvalue weighted by molar-refractivity contribution is 7.98. The molecule has 0 spiro atoms. The Morgan fingerprint density at radius 3 is 2.93 bits per heavy atom. The quantitative estimate of drug-likeness (QED) is 0.728. The van der Waals surface area contributed by atoms with E-state index in [4.69, 9.17) is 0 Å². The number of rotatable bonds is 5. The molecule has 0 aromatic heterocycles. The number of carbonyl (C=O) groups excluding carboxylic acids is 1. The van der Waals surface area contributed by atoms with Crippen LogP contribution in [0, 0.1) is 0 Å². The zero-order valence-corrected chi connectivity index (χ0v) is 10.9. The summed E-state index contributed by atoms with van der Waals surface area (Å²) in [4.78, 5) is 11.6. The Morgan fingerprint density at radius 2 is 2.33 bits per heavy atom. The van der Waals surface area contributed by atoms with E-state index in [-0.39, 0.29) is 24.4 Å². The Bertz CT molecular complexity index is 175. The molecule has 1 saturated heterocycles. The van der Waals surface area contributed by atoms with Crippen molar-refractivity contribution < 1.29 is 4.79 Å². The van der Waals surface area contributed by atoms with Gasteiger partial charge in [-0.1, -0.05) is 6.42 Å². The largest absolute Gasteiger partial charge is 0.355 e. The van der Waals surface area contributed by atoms with E-state index in [0.29, 0.717) is 0 Å². The highest BCUT2D eigenvalue weighted by Crippen LogP contribution is 2.06. The zero-order valence-electron chi connectivity index (χ0n) is 9.25. The molecule has 1 heterocycles. The van der Waals surface area contributed by atoms with Gasteiger partial charge in [0.2, 0.25) is 5.91 Å². The van der Waals surface area contributed by atoms with E-state index >= 15 is 0 Å². The van der Waals surface area contributed by atoms with E-state index in [0.717, 1.165) is 31.7 Å². The molecule has 0 aromatic carbocycles. The van der Waals surface area contributed by atoms with Crippen molar-refractivity contribution in [2.75, 3.05) is 25.1 Å². The summed E-state index contributed by atoms with van der Waals surface area (Å²) in [5, 5.41) is 6.21. The van der Waals surface area contributed by atoms with Crippen LogP contribution in [0.5, 0.6) is 0 Å². The third kappa shape index (κ3) is 6.28. The summed E-state index contributed by atoms with van der Waals surface area (Å²) >= 11 is 1.82. The SMILES string of the molecule is CSCCCNC(=O)C1CCCCN1.Cl. The summed E-state index contributed by atoms with van der Waals surface area (Å²) in [6.45, 7) is 1.81. The molecule has 1 atom stereocenters. The first-order valence-electron chi connectivity index (χ1n) is 5.34. The van der Waals surface area contributed by atoms with Crippen LogP contribution in [-0.2, 0) is 4.79 Å². The van der Waals surface area contributed by atoms with Gasteiger partial charge in [0.25, 0.3) is 0 Å². The average molecular weight is 253 g/mol. The maximum Gasteiger partial charge on any atom is 0.237 e. The second kappa shape index (κ2) is 9.31. The Kier molecular flexibility index (Phi) is 9.35. The number of hydrogen-bond acceptors (Lipinski definition) is 3. The highest BCUT2D eigenvalue weighted by atomic mass is 35.5. The lowest BCUT2D eigenvalue weighted by molar-refractivity contribution is -0.123. The summed E-state index contributed by atoms with van der Waals surface area (Å²) in [5.74, 6) is 1.31. The first-order valence-corrected chi connectivity index (χ1v) is 6.74. The van der Waals surface area contributed by atoms with Gasteiger partial charge in [-0.3, -0.25) is 4.79 Å². The molecule has 90 valence electrons. The molecule has 1 aliphatic heterocycles. The van der Waals surface area contributed by atoms with Crippen molar-refractivity contribution in [2.24, 2.45) is 0 Å². The van der Waals surface area contributed by atoms with E-state index in [1.807, 2.05) is 11.8 Å². The standard InChI is InChI=1S/C10H20N2OS.ClH/c1-14-8-4-7-12-10(13)9-5-2-3-6-11-9;/h9,11H,2-8H2,1H3,(H,12,13);1H. The Balaban J connectivity index is 0.00000196. The van der Waals surface area contributed by atoms with Crippen molar-refractivity contribution in [3.8, 4) is 0 Å². The van der Waals surface area contributed by atoms with Crippen LogP contribution in [0.25, 0.3) is 0 Å². The van der Waals surface area contributed by atoms with Gasteiger partial charge in [0.05, 0.1) is 6.04 Å². The topological polar surface area (TPSA) is 41.1 Å². The van der Waals surface area contributed by atoms with E-state index in [1.165, 1.54) is 12.8 Å². The van der Waals surface area contributed by atoms with Crippen LogP contribution < -0.4 is 10.6 Å². The van der Waals surface area contributed by atoms with Gasteiger partial charge in [0, 0.05) is 6.54 Å². The van der Waals surface area contributed by atoms with Crippen LogP contribution in [-0.4, -0.2) is 37.0 Å². The molecule has 1 fully saturated rings. The molecule has 1 unspecified atom stereocenters. The van der Waals surface area contributed by atoms with Gasteiger partial charge in [-0.15, -0.1) is 12.4 Å². The van der Waals surface area contributed by atoms with Gasteiger partial charge in [0.1, 0.15) is 0 Å². The molecular formula is C10H21ClN2OS. The number of carbonyl (C=O) groups is 1. The lowest BCUT2D eigenvalue weighted by Gasteiger charge is -2.22. The molecule has 5 heteroatoms. The first-order chi connectivity index (χ1) is 6.84. The lowest BCUT2D eigenvalue weighted by atomic mass is 10.0. The summed E-state index contributed by atoms with van der Waals surface area (Å²) in [6, 6.07) is 0.0676. The van der Waals surface area contributed by atoms with Crippen molar-refractivity contribution in [1.29, 1.82) is 0 Å². The third-order valence-corrected chi connectivity index (χ3v) is 3.15. The third-order valence-electron chi connectivity index (χ3n) is 2.45. The number of hydrogen-bond donors (Lipinski definition) is 2. The Hall–Kier alpha value is 0.0700. The van der Waals surface area contributed by atoms with Gasteiger partial charge in [-0.25, -0.2) is 0 Å². The summed E-state index contributed by atoms with van der Waals surface area (Å²) in [7, 11) is 0. The molecule has 0 aliphatic carbocycles. The summed E-state index contributed by atoms with van der Waals surface area (Å²) < 4.78 is 0. The molecule has 0 aromatic rings. The minimum absolute atomic E-state index is 0. The molecule has 1 aliphatic rings. The van der Waals surface area contributed by atoms with Gasteiger partial charge in [-0.2, -0.15) is 11.8 Å². The predicted molar refractivity (Wildman–Crippen MR) is 68.9 cm³/mol. The Morgan fingerprint density at radius 1 is 1.53 bits per heavy atom. The zero-order chi connectivity index (χ0) is 10.2. The second-order valence-corrected chi connectivity index (χ2v) is 4.63. The number of thioether (sulfide) groups is 1. The molecule has 1 amide bonds. The van der Waals surface area contributed by atoms with E-state index in [2.05, 4.69) is 16.9 Å². The molecule has 2 N–H and O–H groups in total. The molecule has 15 heavy (non-hydrogen) atoms. The smallest absolute Gasteiger partial charge is 0.237 e. The predicted octanol–water partition coefficient (Wildman–Crippen LogP) is 1.42. The van der Waals surface area contributed by atoms with Crippen molar-refractivity contribution in [3.05, 3.63) is 0 Å². The Labute approximate surface area is 103 Å². The van der Waals surface area contributed by atoms with Crippen molar-refractivity contribution in [2.45, 2.75) is 31.7 Å². The molecule has 0 bridgehead atoms. The number of amides is 1. The van der Waals surface area contributed by atoms with Crippen LogP contribution in [0.3, 0.4) is 0 Å². The number of piperidine rings is 1. The monoisotopic (exact) mass is 252 g/mol. The van der Waals surface area contributed by atoms with Crippen LogP contribution >= 0.6 is 24.2 Å². The fraction of sp³-hybridized carbons (Fsp3) is 0.900. The number of halogens is 1. The van der Waals surface area contributed by atoms with Gasteiger partial charge >= 0.3 is 0 Å². The van der Waals surface area contributed by atoms with Crippen molar-refractivity contribution >= 4 is 30.1 Å². The van der Waals surface area contributed by atoms with Gasteiger partial charge in [-0.05, 0) is 37.8 Å². The molecule has 3 nitrogen and oxygen atoms in total. The lowest BCUT2D eigenvalue weighted by Crippen LogP contribution is -2.46. The first kappa shape index (κ1) is 15.1. The minimum atomic E-state index is 0.